The number of benzene rings is 1. The van der Waals surface area contributed by atoms with Crippen molar-refractivity contribution in [2.75, 3.05) is 13.7 Å². The lowest BCUT2D eigenvalue weighted by molar-refractivity contribution is 0.240. The van der Waals surface area contributed by atoms with E-state index in [1.807, 2.05) is 10.8 Å². The zero-order valence-electron chi connectivity index (χ0n) is 11.7. The number of nitrogens with zero attached hydrogens (tertiary/aromatic N) is 2. The quantitative estimate of drug-likeness (QED) is 0.858. The van der Waals surface area contributed by atoms with Crippen LogP contribution < -0.4 is 15.4 Å². The number of hydrogen-bond acceptors (Lipinski definition) is 3. The molecule has 1 heterocycles. The third kappa shape index (κ3) is 4.39. The first kappa shape index (κ1) is 15.2. The number of ether oxygens (including phenoxy) is 1. The van der Waals surface area contributed by atoms with Crippen molar-refractivity contribution in [1.29, 1.82) is 0 Å². The van der Waals surface area contributed by atoms with Gasteiger partial charge in [0.1, 0.15) is 5.75 Å². The van der Waals surface area contributed by atoms with Gasteiger partial charge < -0.3 is 19.9 Å². The fourth-order valence-electron chi connectivity index (χ4n) is 1.85. The molecule has 6 nitrogen and oxygen atoms in total. The normalized spacial score (nSPS) is 10.2. The number of imidazole rings is 1. The van der Waals surface area contributed by atoms with E-state index in [9.17, 15) is 4.79 Å². The Bertz CT molecular complexity index is 587. The number of carbonyl (C=O) groups is 1. The van der Waals surface area contributed by atoms with Crippen molar-refractivity contribution in [3.63, 3.8) is 0 Å². The highest BCUT2D eigenvalue weighted by molar-refractivity contribution is 6.31. The van der Waals surface area contributed by atoms with Gasteiger partial charge in [0, 0.05) is 42.6 Å². The molecule has 1 aromatic heterocycles. The molecule has 0 aliphatic heterocycles. The Hall–Kier alpha value is -2.21. The molecule has 0 atom stereocenters. The first-order valence-electron chi connectivity index (χ1n) is 6.49. The molecule has 0 saturated carbocycles. The molecule has 2 N–H and O–H groups in total. The van der Waals surface area contributed by atoms with Gasteiger partial charge in [-0.25, -0.2) is 9.78 Å². The van der Waals surface area contributed by atoms with E-state index in [1.165, 1.54) is 0 Å². The Labute approximate surface area is 128 Å². The van der Waals surface area contributed by atoms with Gasteiger partial charge in [0.15, 0.2) is 0 Å². The van der Waals surface area contributed by atoms with Crippen molar-refractivity contribution < 1.29 is 9.53 Å². The van der Waals surface area contributed by atoms with E-state index >= 15 is 0 Å². The van der Waals surface area contributed by atoms with E-state index in [4.69, 9.17) is 16.3 Å². The predicted molar refractivity (Wildman–Crippen MR) is 80.5 cm³/mol. The summed E-state index contributed by atoms with van der Waals surface area (Å²) < 4.78 is 7.11. The molecule has 0 radical (unpaired) electrons. The predicted octanol–water partition coefficient (Wildman–Crippen LogP) is 2.04. The van der Waals surface area contributed by atoms with E-state index in [1.54, 1.807) is 37.8 Å². The van der Waals surface area contributed by atoms with Crippen molar-refractivity contribution in [2.24, 2.45) is 0 Å². The van der Waals surface area contributed by atoms with Crippen LogP contribution in [0.5, 0.6) is 5.75 Å². The number of amides is 2. The second-order valence-corrected chi connectivity index (χ2v) is 4.74. The summed E-state index contributed by atoms with van der Waals surface area (Å²) in [4.78, 5) is 15.7. The molecule has 0 bridgehead atoms. The van der Waals surface area contributed by atoms with Gasteiger partial charge in [-0.1, -0.05) is 17.7 Å². The molecular weight excluding hydrogens is 292 g/mol. The van der Waals surface area contributed by atoms with Gasteiger partial charge in [-0.15, -0.1) is 0 Å². The lowest BCUT2D eigenvalue weighted by Crippen LogP contribution is -2.36. The van der Waals surface area contributed by atoms with Gasteiger partial charge in [0.2, 0.25) is 0 Å². The fourth-order valence-corrected chi connectivity index (χ4v) is 2.08. The van der Waals surface area contributed by atoms with Crippen molar-refractivity contribution in [1.82, 2.24) is 20.2 Å². The van der Waals surface area contributed by atoms with Crippen LogP contribution in [0.15, 0.2) is 36.9 Å². The summed E-state index contributed by atoms with van der Waals surface area (Å²) in [6, 6.07) is 5.12. The molecular formula is C14H17ClN4O2. The molecule has 2 amide bonds. The Balaban J connectivity index is 1.78. The average molecular weight is 309 g/mol. The second kappa shape index (κ2) is 7.54. The number of nitrogens with one attached hydrogen (secondary N) is 2. The monoisotopic (exact) mass is 308 g/mol. The van der Waals surface area contributed by atoms with Crippen LogP contribution in [0.2, 0.25) is 5.02 Å². The second-order valence-electron chi connectivity index (χ2n) is 4.33. The van der Waals surface area contributed by atoms with Crippen LogP contribution in [0.1, 0.15) is 5.56 Å². The van der Waals surface area contributed by atoms with Gasteiger partial charge >= 0.3 is 6.03 Å². The number of aromatic nitrogens is 2. The Kier molecular flexibility index (Phi) is 5.45. The highest BCUT2D eigenvalue weighted by Crippen LogP contribution is 2.25. The molecule has 1 aromatic carbocycles. The fraction of sp³-hybridized carbons (Fsp3) is 0.286. The van der Waals surface area contributed by atoms with E-state index in [-0.39, 0.29) is 6.03 Å². The number of methoxy groups -OCH3 is 1. The smallest absolute Gasteiger partial charge is 0.315 e. The van der Waals surface area contributed by atoms with Gasteiger partial charge in [-0.2, -0.15) is 0 Å². The summed E-state index contributed by atoms with van der Waals surface area (Å²) in [6.07, 6.45) is 5.24. The Morgan fingerprint density at radius 3 is 3.00 bits per heavy atom. The highest BCUT2D eigenvalue weighted by Gasteiger charge is 2.08. The van der Waals surface area contributed by atoms with Crippen LogP contribution in [0.4, 0.5) is 4.79 Å². The topological polar surface area (TPSA) is 68.2 Å². The van der Waals surface area contributed by atoms with Crippen molar-refractivity contribution in [3.8, 4) is 5.75 Å². The molecule has 2 aromatic rings. The van der Waals surface area contributed by atoms with Gasteiger partial charge in [0.25, 0.3) is 0 Å². The third-order valence-electron chi connectivity index (χ3n) is 2.94. The molecule has 7 heteroatoms. The van der Waals surface area contributed by atoms with Crippen LogP contribution >= 0.6 is 11.6 Å². The van der Waals surface area contributed by atoms with Gasteiger partial charge in [0.05, 0.1) is 13.4 Å². The van der Waals surface area contributed by atoms with Crippen LogP contribution in [0.25, 0.3) is 0 Å². The number of halogens is 1. The largest absolute Gasteiger partial charge is 0.496 e. The molecule has 0 aliphatic carbocycles. The minimum absolute atomic E-state index is 0.253. The lowest BCUT2D eigenvalue weighted by atomic mass is 10.2. The van der Waals surface area contributed by atoms with Crippen molar-refractivity contribution in [2.45, 2.75) is 13.1 Å². The minimum atomic E-state index is -0.253. The van der Waals surface area contributed by atoms with E-state index in [2.05, 4.69) is 15.6 Å². The van der Waals surface area contributed by atoms with Crippen LogP contribution in [-0.4, -0.2) is 29.2 Å². The first-order chi connectivity index (χ1) is 10.2. The minimum Gasteiger partial charge on any atom is -0.496 e. The highest BCUT2D eigenvalue weighted by atomic mass is 35.5. The molecule has 0 fully saturated rings. The van der Waals surface area contributed by atoms with Crippen LogP contribution in [0, 0.1) is 0 Å². The maximum atomic E-state index is 11.7. The Morgan fingerprint density at radius 2 is 2.29 bits per heavy atom. The van der Waals surface area contributed by atoms with Gasteiger partial charge in [-0.05, 0) is 12.1 Å². The van der Waals surface area contributed by atoms with E-state index in [0.717, 1.165) is 5.56 Å². The maximum Gasteiger partial charge on any atom is 0.315 e. The van der Waals surface area contributed by atoms with Crippen molar-refractivity contribution in [3.05, 3.63) is 47.5 Å². The zero-order chi connectivity index (χ0) is 15.1. The summed E-state index contributed by atoms with van der Waals surface area (Å²) in [5.41, 5.74) is 0.756. The molecule has 21 heavy (non-hydrogen) atoms. The maximum absolute atomic E-state index is 11.7. The molecule has 112 valence electrons. The number of hydrogen-bond donors (Lipinski definition) is 2. The molecule has 0 aliphatic rings. The molecule has 0 unspecified atom stereocenters. The third-order valence-corrected chi connectivity index (χ3v) is 3.29. The summed E-state index contributed by atoms with van der Waals surface area (Å²) in [6.45, 7) is 1.49. The molecule has 0 saturated heterocycles. The Morgan fingerprint density at radius 1 is 1.43 bits per heavy atom. The number of urea groups is 1. The summed E-state index contributed by atoms with van der Waals surface area (Å²) in [5.74, 6) is 0.654. The summed E-state index contributed by atoms with van der Waals surface area (Å²) in [7, 11) is 1.57. The first-order valence-corrected chi connectivity index (χ1v) is 6.87. The van der Waals surface area contributed by atoms with Crippen molar-refractivity contribution >= 4 is 17.6 Å². The zero-order valence-corrected chi connectivity index (χ0v) is 12.4. The molecule has 0 spiro atoms. The standard InChI is InChI=1S/C14H17ClN4O2/c1-21-13-4-2-3-12(15)11(13)9-18-14(20)17-6-8-19-7-5-16-10-19/h2-5,7,10H,6,8-9H2,1H3,(H2,17,18,20). The summed E-state index contributed by atoms with van der Waals surface area (Å²) >= 11 is 6.10. The van der Waals surface area contributed by atoms with Crippen LogP contribution in [-0.2, 0) is 13.1 Å². The number of rotatable bonds is 6. The molecule has 2 rings (SSSR count). The number of carbonyl (C=O) groups excluding carboxylic acids is 1. The summed E-state index contributed by atoms with van der Waals surface area (Å²) in [5, 5.41) is 6.08. The SMILES string of the molecule is COc1cccc(Cl)c1CNC(=O)NCCn1ccnc1. The lowest BCUT2D eigenvalue weighted by Gasteiger charge is -2.12. The van der Waals surface area contributed by atoms with Crippen LogP contribution in [0.3, 0.4) is 0 Å². The average Bonchev–Trinajstić information content (AvgIpc) is 2.99. The van der Waals surface area contributed by atoms with E-state index < -0.39 is 0 Å². The van der Waals surface area contributed by atoms with E-state index in [0.29, 0.717) is 30.4 Å². The van der Waals surface area contributed by atoms with Gasteiger partial charge in [-0.3, -0.25) is 0 Å².